The lowest BCUT2D eigenvalue weighted by molar-refractivity contribution is 0.0952. The monoisotopic (exact) mass is 372 g/mol. The maximum Gasteiger partial charge on any atom is 0.253 e. The molecule has 1 amide bonds. The van der Waals surface area contributed by atoms with Crippen LogP contribution in [0.5, 0.6) is 0 Å². The van der Waals surface area contributed by atoms with E-state index in [2.05, 4.69) is 32.5 Å². The zero-order valence-corrected chi connectivity index (χ0v) is 15.8. The van der Waals surface area contributed by atoms with Crippen molar-refractivity contribution in [2.45, 2.75) is 19.9 Å². The number of aryl methyl sites for hydroxylation is 2. The number of aromatic nitrogens is 5. The van der Waals surface area contributed by atoms with E-state index in [-0.39, 0.29) is 5.91 Å². The highest BCUT2D eigenvalue weighted by Gasteiger charge is 2.17. The van der Waals surface area contributed by atoms with Crippen LogP contribution in [0.2, 0.25) is 0 Å². The van der Waals surface area contributed by atoms with Crippen LogP contribution < -0.4 is 5.32 Å². The van der Waals surface area contributed by atoms with Crippen molar-refractivity contribution in [1.29, 1.82) is 0 Å². The molecular weight excluding hydrogens is 352 g/mol. The first-order valence-electron chi connectivity index (χ1n) is 9.12. The minimum absolute atomic E-state index is 0.146. The van der Waals surface area contributed by atoms with Crippen molar-refractivity contribution in [2.75, 3.05) is 0 Å². The molecule has 0 radical (unpaired) electrons. The van der Waals surface area contributed by atoms with Crippen LogP contribution in [0.15, 0.2) is 55.0 Å². The molecule has 0 aliphatic heterocycles. The summed E-state index contributed by atoms with van der Waals surface area (Å²) in [5, 5.41) is 16.2. The first-order chi connectivity index (χ1) is 13.7. The second kappa shape index (κ2) is 7.56. The summed E-state index contributed by atoms with van der Waals surface area (Å²) in [5.74, 6) is -0.146. The minimum atomic E-state index is -0.146. The van der Waals surface area contributed by atoms with Gasteiger partial charge in [0, 0.05) is 36.4 Å². The van der Waals surface area contributed by atoms with Crippen LogP contribution in [-0.4, -0.2) is 30.9 Å². The Kier molecular flexibility index (Phi) is 4.80. The summed E-state index contributed by atoms with van der Waals surface area (Å²) in [6.45, 7) is 2.49. The van der Waals surface area contributed by atoms with Crippen molar-refractivity contribution >= 4 is 16.8 Å². The number of nitrogens with one attached hydrogen (secondary N) is 1. The van der Waals surface area contributed by atoms with Gasteiger partial charge in [-0.2, -0.15) is 15.3 Å². The number of amides is 1. The third-order valence-corrected chi connectivity index (χ3v) is 4.67. The van der Waals surface area contributed by atoms with Crippen LogP contribution >= 0.6 is 0 Å². The molecule has 1 N–H and O–H groups in total. The number of hydrogen-bond acceptors (Lipinski definition) is 5. The Morgan fingerprint density at radius 3 is 2.71 bits per heavy atom. The van der Waals surface area contributed by atoms with E-state index < -0.39 is 0 Å². The van der Waals surface area contributed by atoms with E-state index >= 15 is 0 Å². The Balaban J connectivity index is 1.63. The summed E-state index contributed by atoms with van der Waals surface area (Å²) < 4.78 is 1.73. The average Bonchev–Trinajstić information content (AvgIpc) is 3.10. The van der Waals surface area contributed by atoms with E-state index in [1.54, 1.807) is 23.3 Å². The lowest BCUT2D eigenvalue weighted by atomic mass is 10.1. The summed E-state index contributed by atoms with van der Waals surface area (Å²) in [7, 11) is 1.84. The van der Waals surface area contributed by atoms with E-state index in [1.165, 1.54) is 0 Å². The smallest absolute Gasteiger partial charge is 0.253 e. The SMILES string of the molecule is CCc1ccc(CNC(=O)c2cccc3c(-c4ccnnc4)nn(C)c23)cn1. The van der Waals surface area contributed by atoms with Crippen LogP contribution in [0.1, 0.15) is 28.5 Å². The van der Waals surface area contributed by atoms with Gasteiger partial charge in [0.25, 0.3) is 5.91 Å². The molecule has 0 atom stereocenters. The minimum Gasteiger partial charge on any atom is -0.348 e. The Bertz CT molecular complexity index is 1120. The highest BCUT2D eigenvalue weighted by molar-refractivity contribution is 6.08. The Hall–Kier alpha value is -3.61. The molecule has 3 aromatic heterocycles. The second-order valence-electron chi connectivity index (χ2n) is 6.50. The molecule has 140 valence electrons. The average molecular weight is 372 g/mol. The summed E-state index contributed by atoms with van der Waals surface area (Å²) in [6, 6.07) is 11.5. The third-order valence-electron chi connectivity index (χ3n) is 4.67. The predicted molar refractivity (Wildman–Crippen MR) is 107 cm³/mol. The van der Waals surface area contributed by atoms with Crippen molar-refractivity contribution in [3.05, 3.63) is 71.8 Å². The molecule has 4 aromatic rings. The van der Waals surface area contributed by atoms with Gasteiger partial charge < -0.3 is 5.32 Å². The van der Waals surface area contributed by atoms with E-state index in [0.717, 1.165) is 39.8 Å². The van der Waals surface area contributed by atoms with Crippen LogP contribution in [0, 0.1) is 0 Å². The fraction of sp³-hybridized carbons (Fsp3) is 0.190. The molecule has 3 heterocycles. The van der Waals surface area contributed by atoms with Gasteiger partial charge in [-0.1, -0.05) is 25.1 Å². The van der Waals surface area contributed by atoms with Gasteiger partial charge in [0.2, 0.25) is 0 Å². The molecule has 0 unspecified atom stereocenters. The van der Waals surface area contributed by atoms with Crippen LogP contribution in [0.3, 0.4) is 0 Å². The number of fused-ring (bicyclic) bond motifs is 1. The molecule has 7 heteroatoms. The zero-order chi connectivity index (χ0) is 19.5. The molecule has 0 bridgehead atoms. The van der Waals surface area contributed by atoms with Gasteiger partial charge in [-0.25, -0.2) is 0 Å². The van der Waals surface area contributed by atoms with Crippen molar-refractivity contribution in [3.63, 3.8) is 0 Å². The number of carbonyl (C=O) groups excluding carboxylic acids is 1. The third kappa shape index (κ3) is 3.34. The van der Waals surface area contributed by atoms with Crippen LogP contribution in [-0.2, 0) is 20.0 Å². The normalized spacial score (nSPS) is 10.9. The van der Waals surface area contributed by atoms with E-state index in [1.807, 2.05) is 43.4 Å². The number of carbonyl (C=O) groups is 1. The highest BCUT2D eigenvalue weighted by Crippen LogP contribution is 2.28. The van der Waals surface area contributed by atoms with E-state index in [0.29, 0.717) is 12.1 Å². The van der Waals surface area contributed by atoms with Crippen molar-refractivity contribution in [3.8, 4) is 11.3 Å². The van der Waals surface area contributed by atoms with Gasteiger partial charge in [0.15, 0.2) is 0 Å². The Morgan fingerprint density at radius 2 is 2.00 bits per heavy atom. The number of benzene rings is 1. The number of rotatable bonds is 5. The summed E-state index contributed by atoms with van der Waals surface area (Å²) in [6.07, 6.45) is 5.99. The van der Waals surface area contributed by atoms with Gasteiger partial charge >= 0.3 is 0 Å². The fourth-order valence-corrected chi connectivity index (χ4v) is 3.21. The number of para-hydroxylation sites is 1. The molecular formula is C21H20N6O. The van der Waals surface area contributed by atoms with Crippen LogP contribution in [0.4, 0.5) is 0 Å². The topological polar surface area (TPSA) is 85.6 Å². The quantitative estimate of drug-likeness (QED) is 0.582. The molecule has 0 saturated heterocycles. The molecule has 0 spiro atoms. The summed E-state index contributed by atoms with van der Waals surface area (Å²) >= 11 is 0. The number of hydrogen-bond donors (Lipinski definition) is 1. The van der Waals surface area contributed by atoms with Crippen molar-refractivity contribution in [1.82, 2.24) is 30.3 Å². The first-order valence-corrected chi connectivity index (χ1v) is 9.12. The number of nitrogens with zero attached hydrogens (tertiary/aromatic N) is 5. The van der Waals surface area contributed by atoms with Gasteiger partial charge in [-0.15, -0.1) is 0 Å². The largest absolute Gasteiger partial charge is 0.348 e. The summed E-state index contributed by atoms with van der Waals surface area (Å²) in [5.41, 5.74) is 5.01. The zero-order valence-electron chi connectivity index (χ0n) is 15.8. The predicted octanol–water partition coefficient (Wildman–Crippen LogP) is 2.92. The van der Waals surface area contributed by atoms with Crippen LogP contribution in [0.25, 0.3) is 22.2 Å². The first kappa shape index (κ1) is 17.8. The lowest BCUT2D eigenvalue weighted by Crippen LogP contribution is -2.23. The van der Waals surface area contributed by atoms with Gasteiger partial charge in [0.05, 0.1) is 23.5 Å². The van der Waals surface area contributed by atoms with Crippen molar-refractivity contribution < 1.29 is 4.79 Å². The lowest BCUT2D eigenvalue weighted by Gasteiger charge is -2.08. The van der Waals surface area contributed by atoms with E-state index in [9.17, 15) is 4.79 Å². The molecule has 0 fully saturated rings. The molecule has 0 saturated carbocycles. The Labute approximate surface area is 162 Å². The maximum absolute atomic E-state index is 12.9. The molecule has 7 nitrogen and oxygen atoms in total. The van der Waals surface area contributed by atoms with Gasteiger partial charge in [-0.3, -0.25) is 14.5 Å². The van der Waals surface area contributed by atoms with Gasteiger partial charge in [0.1, 0.15) is 5.69 Å². The maximum atomic E-state index is 12.9. The second-order valence-corrected chi connectivity index (χ2v) is 6.50. The van der Waals surface area contributed by atoms with Gasteiger partial charge in [-0.05, 0) is 30.2 Å². The summed E-state index contributed by atoms with van der Waals surface area (Å²) in [4.78, 5) is 17.2. The molecule has 28 heavy (non-hydrogen) atoms. The molecule has 1 aromatic carbocycles. The van der Waals surface area contributed by atoms with Crippen molar-refractivity contribution in [2.24, 2.45) is 7.05 Å². The standard InChI is InChI=1S/C21H20N6O/c1-3-16-8-7-14(11-22-16)12-23-21(28)18-6-4-5-17-19(26-27(2)20(17)18)15-9-10-24-25-13-15/h4-11,13H,3,12H2,1-2H3,(H,23,28). The van der Waals surface area contributed by atoms with E-state index in [4.69, 9.17) is 0 Å². The molecule has 0 aliphatic rings. The number of pyridine rings is 1. The Morgan fingerprint density at radius 1 is 1.11 bits per heavy atom. The highest BCUT2D eigenvalue weighted by atomic mass is 16.1. The molecule has 4 rings (SSSR count). The molecule has 0 aliphatic carbocycles. The fourth-order valence-electron chi connectivity index (χ4n) is 3.21.